The molecule has 1 heterocycles. The van der Waals surface area contributed by atoms with Gasteiger partial charge in [-0.05, 0) is 51.4 Å². The molecule has 0 radical (unpaired) electrons. The number of phenols is 1. The number of fused-ring (bicyclic) bond motifs is 1. The van der Waals surface area contributed by atoms with Crippen LogP contribution in [0.5, 0.6) is 5.75 Å². The highest BCUT2D eigenvalue weighted by molar-refractivity contribution is 7.08. The highest BCUT2D eigenvalue weighted by Gasteiger charge is 2.12. The first kappa shape index (κ1) is 11.3. The predicted molar refractivity (Wildman–Crippen MR) is 78.3 cm³/mol. The molecule has 0 aliphatic rings. The van der Waals surface area contributed by atoms with Gasteiger partial charge in [0.05, 0.1) is 0 Å². The number of phenolic OH excluding ortho intramolecular Hbond substituents is 1. The molecule has 0 unspecified atom stereocenters. The van der Waals surface area contributed by atoms with Gasteiger partial charge in [0.1, 0.15) is 5.75 Å². The minimum atomic E-state index is 0.376. The van der Waals surface area contributed by atoms with Crippen LogP contribution in [0, 0.1) is 0 Å². The number of thiophene rings is 1. The zero-order chi connectivity index (χ0) is 12.5. The third kappa shape index (κ3) is 1.70. The van der Waals surface area contributed by atoms with Crippen LogP contribution in [0.1, 0.15) is 12.5 Å². The predicted octanol–water partition coefficient (Wildman–Crippen LogP) is 4.84. The van der Waals surface area contributed by atoms with Crippen LogP contribution in [-0.4, -0.2) is 5.11 Å². The van der Waals surface area contributed by atoms with Crippen molar-refractivity contribution in [2.45, 2.75) is 13.3 Å². The van der Waals surface area contributed by atoms with Crippen molar-refractivity contribution >= 4 is 22.1 Å². The fourth-order valence-corrected chi connectivity index (χ4v) is 3.09. The maximum atomic E-state index is 10.1. The lowest BCUT2D eigenvalue weighted by molar-refractivity contribution is 0.481. The van der Waals surface area contributed by atoms with Crippen molar-refractivity contribution in [1.29, 1.82) is 0 Å². The Kier molecular flexibility index (Phi) is 2.80. The Morgan fingerprint density at radius 1 is 1.11 bits per heavy atom. The molecule has 0 amide bonds. The maximum absolute atomic E-state index is 10.1. The molecule has 0 fully saturated rings. The molecular formula is C16H14OS. The van der Waals surface area contributed by atoms with Gasteiger partial charge in [0.25, 0.3) is 0 Å². The van der Waals surface area contributed by atoms with Crippen molar-refractivity contribution in [3.8, 4) is 16.9 Å². The normalized spacial score (nSPS) is 10.9. The van der Waals surface area contributed by atoms with E-state index in [1.54, 1.807) is 11.3 Å². The largest absolute Gasteiger partial charge is 0.507 e. The smallest absolute Gasteiger partial charge is 0.123 e. The van der Waals surface area contributed by atoms with Crippen molar-refractivity contribution in [2.24, 2.45) is 0 Å². The van der Waals surface area contributed by atoms with Gasteiger partial charge in [-0.2, -0.15) is 11.3 Å². The molecule has 0 aliphatic carbocycles. The summed E-state index contributed by atoms with van der Waals surface area (Å²) in [6.45, 7) is 2.12. The van der Waals surface area contributed by atoms with Gasteiger partial charge < -0.3 is 5.11 Å². The van der Waals surface area contributed by atoms with Gasteiger partial charge in [-0.15, -0.1) is 0 Å². The minimum Gasteiger partial charge on any atom is -0.507 e. The van der Waals surface area contributed by atoms with Crippen molar-refractivity contribution in [3.63, 3.8) is 0 Å². The monoisotopic (exact) mass is 254 g/mol. The number of aromatic hydroxyl groups is 1. The lowest BCUT2D eigenvalue weighted by Gasteiger charge is -2.12. The lowest BCUT2D eigenvalue weighted by atomic mass is 9.93. The van der Waals surface area contributed by atoms with Crippen LogP contribution in [0.2, 0.25) is 0 Å². The topological polar surface area (TPSA) is 20.2 Å². The molecule has 3 aromatic rings. The summed E-state index contributed by atoms with van der Waals surface area (Å²) in [6.07, 6.45) is 0.920. The summed E-state index contributed by atoms with van der Waals surface area (Å²) in [4.78, 5) is 0. The summed E-state index contributed by atoms with van der Waals surface area (Å²) >= 11 is 1.70. The average molecular weight is 254 g/mol. The fourth-order valence-electron chi connectivity index (χ4n) is 2.44. The molecular weight excluding hydrogens is 240 g/mol. The quantitative estimate of drug-likeness (QED) is 0.694. The molecule has 1 aromatic heterocycles. The van der Waals surface area contributed by atoms with Crippen LogP contribution < -0.4 is 0 Å². The van der Waals surface area contributed by atoms with Gasteiger partial charge in [0.15, 0.2) is 0 Å². The summed E-state index contributed by atoms with van der Waals surface area (Å²) in [6, 6.07) is 12.1. The van der Waals surface area contributed by atoms with E-state index in [4.69, 9.17) is 0 Å². The molecule has 0 saturated carbocycles. The van der Waals surface area contributed by atoms with E-state index in [0.717, 1.165) is 17.2 Å². The lowest BCUT2D eigenvalue weighted by Crippen LogP contribution is -1.89. The first-order valence-electron chi connectivity index (χ1n) is 6.07. The Labute approximate surface area is 110 Å². The first-order chi connectivity index (χ1) is 8.81. The van der Waals surface area contributed by atoms with Crippen LogP contribution in [0.3, 0.4) is 0 Å². The van der Waals surface area contributed by atoms with E-state index in [0.29, 0.717) is 5.75 Å². The Morgan fingerprint density at radius 2 is 1.89 bits per heavy atom. The number of aryl methyl sites for hydroxylation is 1. The number of rotatable bonds is 2. The van der Waals surface area contributed by atoms with Gasteiger partial charge in [0, 0.05) is 5.39 Å². The maximum Gasteiger partial charge on any atom is 0.123 e. The fraction of sp³-hybridized carbons (Fsp3) is 0.125. The van der Waals surface area contributed by atoms with E-state index in [2.05, 4.69) is 29.8 Å². The molecule has 1 nitrogen and oxygen atoms in total. The molecule has 18 heavy (non-hydrogen) atoms. The van der Waals surface area contributed by atoms with Gasteiger partial charge in [0.2, 0.25) is 0 Å². The summed E-state index contributed by atoms with van der Waals surface area (Å²) < 4.78 is 0. The van der Waals surface area contributed by atoms with Crippen LogP contribution in [0.15, 0.2) is 47.2 Å². The Bertz CT molecular complexity index is 684. The van der Waals surface area contributed by atoms with E-state index in [9.17, 15) is 5.11 Å². The molecule has 2 heteroatoms. The average Bonchev–Trinajstić information content (AvgIpc) is 2.92. The summed E-state index contributed by atoms with van der Waals surface area (Å²) in [5.41, 5.74) is 3.70. The Balaban J connectivity index is 2.44. The van der Waals surface area contributed by atoms with E-state index in [-0.39, 0.29) is 0 Å². The van der Waals surface area contributed by atoms with Crippen LogP contribution >= 0.6 is 11.3 Å². The van der Waals surface area contributed by atoms with Crippen LogP contribution in [0.4, 0.5) is 0 Å². The van der Waals surface area contributed by atoms with Gasteiger partial charge in [-0.3, -0.25) is 0 Å². The highest BCUT2D eigenvalue weighted by atomic mass is 32.1. The van der Waals surface area contributed by atoms with Crippen molar-refractivity contribution in [3.05, 3.63) is 52.7 Å². The molecule has 90 valence electrons. The van der Waals surface area contributed by atoms with Crippen molar-refractivity contribution < 1.29 is 5.11 Å². The van der Waals surface area contributed by atoms with Crippen molar-refractivity contribution in [1.82, 2.24) is 0 Å². The summed E-state index contributed by atoms with van der Waals surface area (Å²) in [7, 11) is 0. The Hall–Kier alpha value is -1.80. The van der Waals surface area contributed by atoms with E-state index in [1.165, 1.54) is 16.7 Å². The van der Waals surface area contributed by atoms with E-state index in [1.807, 2.05) is 24.3 Å². The summed E-state index contributed by atoms with van der Waals surface area (Å²) in [5.74, 6) is 0.376. The van der Waals surface area contributed by atoms with Crippen molar-refractivity contribution in [2.75, 3.05) is 0 Å². The highest BCUT2D eigenvalue weighted by Crippen LogP contribution is 2.38. The zero-order valence-electron chi connectivity index (χ0n) is 10.2. The number of benzene rings is 2. The summed E-state index contributed by atoms with van der Waals surface area (Å²) in [5, 5.41) is 16.4. The zero-order valence-corrected chi connectivity index (χ0v) is 11.0. The van der Waals surface area contributed by atoms with Gasteiger partial charge in [-0.25, -0.2) is 0 Å². The second kappa shape index (κ2) is 4.46. The van der Waals surface area contributed by atoms with Gasteiger partial charge in [-0.1, -0.05) is 31.2 Å². The second-order valence-electron chi connectivity index (χ2n) is 4.34. The SMILES string of the molecule is CCc1cc(O)c2ccccc2c1-c1ccsc1. The Morgan fingerprint density at radius 3 is 2.56 bits per heavy atom. The third-order valence-electron chi connectivity index (χ3n) is 3.30. The molecule has 0 atom stereocenters. The molecule has 0 spiro atoms. The molecule has 0 bridgehead atoms. The standard InChI is InChI=1S/C16H14OS/c1-2-11-9-15(17)13-5-3-4-6-14(13)16(11)12-7-8-18-10-12/h3-10,17H,2H2,1H3. The second-order valence-corrected chi connectivity index (χ2v) is 5.12. The number of hydrogen-bond donors (Lipinski definition) is 1. The molecule has 2 aromatic carbocycles. The molecule has 0 saturated heterocycles. The minimum absolute atomic E-state index is 0.376. The molecule has 3 rings (SSSR count). The third-order valence-corrected chi connectivity index (χ3v) is 3.98. The van der Waals surface area contributed by atoms with Crippen LogP contribution in [0.25, 0.3) is 21.9 Å². The molecule has 1 N–H and O–H groups in total. The number of hydrogen-bond acceptors (Lipinski definition) is 2. The molecule has 0 aliphatic heterocycles. The first-order valence-corrected chi connectivity index (χ1v) is 7.01. The van der Waals surface area contributed by atoms with E-state index < -0.39 is 0 Å². The van der Waals surface area contributed by atoms with Crippen LogP contribution in [-0.2, 0) is 6.42 Å². The van der Waals surface area contributed by atoms with Gasteiger partial charge >= 0.3 is 0 Å². The van der Waals surface area contributed by atoms with E-state index >= 15 is 0 Å².